The maximum absolute atomic E-state index is 5.24. The third-order valence-electron chi connectivity index (χ3n) is 2.72. The van der Waals surface area contributed by atoms with E-state index in [1.165, 1.54) is 22.3 Å². The van der Waals surface area contributed by atoms with Crippen LogP contribution in [0.4, 0.5) is 0 Å². The van der Waals surface area contributed by atoms with Gasteiger partial charge in [0.1, 0.15) is 10.5 Å². The van der Waals surface area contributed by atoms with Crippen molar-refractivity contribution in [3.8, 4) is 11.1 Å². The van der Waals surface area contributed by atoms with Crippen molar-refractivity contribution in [1.29, 1.82) is 0 Å². The summed E-state index contributed by atoms with van der Waals surface area (Å²) >= 11 is 0. The quantitative estimate of drug-likeness (QED) is 0.733. The van der Waals surface area contributed by atoms with E-state index in [0.29, 0.717) is 0 Å². The predicted octanol–water partition coefficient (Wildman–Crippen LogP) is 2.46. The highest BCUT2D eigenvalue weighted by molar-refractivity contribution is 5.97. The summed E-state index contributed by atoms with van der Waals surface area (Å²) in [6.07, 6.45) is 0. The van der Waals surface area contributed by atoms with Gasteiger partial charge in [-0.2, -0.15) is 0 Å². The van der Waals surface area contributed by atoms with Gasteiger partial charge in [-0.1, -0.05) is 48.5 Å². The lowest BCUT2D eigenvalue weighted by atomic mass is 10.00. The summed E-state index contributed by atoms with van der Waals surface area (Å²) in [5.74, 6) is 0. The van der Waals surface area contributed by atoms with E-state index < -0.39 is 0 Å². The molecule has 0 aliphatic heterocycles. The Morgan fingerprint density at radius 2 is 1.69 bits per heavy atom. The lowest BCUT2D eigenvalue weighted by Gasteiger charge is -2.06. The molecule has 16 heavy (non-hydrogen) atoms. The molecule has 0 fully saturated rings. The predicted molar refractivity (Wildman–Crippen MR) is 71.3 cm³/mol. The summed E-state index contributed by atoms with van der Waals surface area (Å²) in [6.45, 7) is 2.88. The van der Waals surface area contributed by atoms with Crippen molar-refractivity contribution in [3.05, 3.63) is 59.7 Å². The summed E-state index contributed by atoms with van der Waals surface area (Å²) < 4.78 is 5.24. The molecule has 0 atom stereocenters. The molecule has 0 saturated heterocycles. The van der Waals surface area contributed by atoms with Crippen LogP contribution in [0.15, 0.2) is 48.5 Å². The minimum absolute atomic E-state index is 0.736. The lowest BCUT2D eigenvalue weighted by Crippen LogP contribution is -1.88. The highest BCUT2D eigenvalue weighted by Crippen LogP contribution is 2.23. The van der Waals surface area contributed by atoms with Gasteiger partial charge in [0, 0.05) is 0 Å². The van der Waals surface area contributed by atoms with E-state index >= 15 is 0 Å². The van der Waals surface area contributed by atoms with Crippen LogP contribution < -0.4 is 0 Å². The Morgan fingerprint density at radius 3 is 2.31 bits per heavy atom. The van der Waals surface area contributed by atoms with Crippen LogP contribution in [0.3, 0.4) is 0 Å². The van der Waals surface area contributed by atoms with E-state index in [2.05, 4.69) is 55.5 Å². The standard InChI is InChI=1S/C14H16OSi/c1-11-4-2-3-5-14(11)13-8-6-12(7-9-13)10-15-16/h2-9H,10H2,1,16H3. The van der Waals surface area contributed by atoms with Crippen LogP contribution in [0.5, 0.6) is 0 Å². The minimum Gasteiger partial charge on any atom is -0.424 e. The Balaban J connectivity index is 2.31. The molecule has 82 valence electrons. The van der Waals surface area contributed by atoms with Gasteiger partial charge in [-0.05, 0) is 29.2 Å². The molecule has 2 aromatic carbocycles. The van der Waals surface area contributed by atoms with Gasteiger partial charge in [0.15, 0.2) is 0 Å². The van der Waals surface area contributed by atoms with Crippen LogP contribution >= 0.6 is 0 Å². The molecule has 0 N–H and O–H groups in total. The fourth-order valence-corrected chi connectivity index (χ4v) is 2.18. The van der Waals surface area contributed by atoms with E-state index in [0.717, 1.165) is 17.1 Å². The molecule has 1 nitrogen and oxygen atoms in total. The lowest BCUT2D eigenvalue weighted by molar-refractivity contribution is 0.338. The number of benzene rings is 2. The second-order valence-electron chi connectivity index (χ2n) is 3.94. The number of aryl methyl sites for hydroxylation is 1. The van der Waals surface area contributed by atoms with Crippen LogP contribution in [-0.2, 0) is 11.0 Å². The van der Waals surface area contributed by atoms with Crippen LogP contribution in [-0.4, -0.2) is 10.5 Å². The summed E-state index contributed by atoms with van der Waals surface area (Å²) in [4.78, 5) is 0. The third-order valence-corrected chi connectivity index (χ3v) is 3.01. The molecule has 0 aromatic heterocycles. The number of rotatable bonds is 3. The Bertz CT molecular complexity index is 462. The second kappa shape index (κ2) is 5.10. The van der Waals surface area contributed by atoms with Crippen molar-refractivity contribution in [1.82, 2.24) is 0 Å². The molecule has 0 heterocycles. The topological polar surface area (TPSA) is 9.23 Å². The third kappa shape index (κ3) is 2.40. The monoisotopic (exact) mass is 228 g/mol. The summed E-state index contributed by atoms with van der Waals surface area (Å²) in [5.41, 5.74) is 5.14. The fraction of sp³-hybridized carbons (Fsp3) is 0.143. The van der Waals surface area contributed by atoms with Crippen molar-refractivity contribution in [3.63, 3.8) is 0 Å². The Hall–Kier alpha value is -1.38. The van der Waals surface area contributed by atoms with Gasteiger partial charge in [-0.3, -0.25) is 0 Å². The van der Waals surface area contributed by atoms with Crippen LogP contribution in [0.2, 0.25) is 0 Å². The molecule has 2 rings (SSSR count). The zero-order valence-corrected chi connectivity index (χ0v) is 11.7. The molecule has 0 saturated carbocycles. The van der Waals surface area contributed by atoms with Gasteiger partial charge in [-0.15, -0.1) is 0 Å². The molecule has 0 aliphatic carbocycles. The van der Waals surface area contributed by atoms with Gasteiger partial charge in [0.25, 0.3) is 0 Å². The summed E-state index contributed by atoms with van der Waals surface area (Å²) in [6, 6.07) is 17.1. The van der Waals surface area contributed by atoms with Crippen LogP contribution in [0.1, 0.15) is 11.1 Å². The molecule has 2 heteroatoms. The molecular weight excluding hydrogens is 212 g/mol. The number of hydrogen-bond donors (Lipinski definition) is 0. The molecule has 2 aromatic rings. The summed E-state index contributed by atoms with van der Waals surface area (Å²) in [5, 5.41) is 0. The van der Waals surface area contributed by atoms with E-state index in [9.17, 15) is 0 Å². The molecule has 0 amide bonds. The Labute approximate surface area is 99.6 Å². The van der Waals surface area contributed by atoms with Crippen LogP contribution in [0.25, 0.3) is 11.1 Å². The molecule has 0 unspecified atom stereocenters. The molecule has 0 radical (unpaired) electrons. The van der Waals surface area contributed by atoms with Crippen molar-refractivity contribution in [2.75, 3.05) is 0 Å². The number of hydrogen-bond acceptors (Lipinski definition) is 1. The molecule has 0 spiro atoms. The first-order valence-electron chi connectivity index (χ1n) is 5.45. The van der Waals surface area contributed by atoms with Crippen LogP contribution in [0, 0.1) is 6.92 Å². The Morgan fingerprint density at radius 1 is 1.00 bits per heavy atom. The smallest absolute Gasteiger partial charge is 0.146 e. The van der Waals surface area contributed by atoms with Gasteiger partial charge >= 0.3 is 0 Å². The average Bonchev–Trinajstić information content (AvgIpc) is 2.31. The zero-order valence-electron chi connectivity index (χ0n) is 9.73. The highest BCUT2D eigenvalue weighted by atomic mass is 28.2. The van der Waals surface area contributed by atoms with Gasteiger partial charge in [0.05, 0.1) is 6.61 Å². The van der Waals surface area contributed by atoms with Gasteiger partial charge in [0.2, 0.25) is 0 Å². The highest BCUT2D eigenvalue weighted by Gasteiger charge is 2.00. The first-order chi connectivity index (χ1) is 7.81. The molecule has 0 bridgehead atoms. The van der Waals surface area contributed by atoms with Crippen molar-refractivity contribution < 1.29 is 4.43 Å². The fourth-order valence-electron chi connectivity index (χ4n) is 1.84. The minimum atomic E-state index is 0.736. The molecule has 0 aliphatic rings. The Kier molecular flexibility index (Phi) is 3.54. The summed E-state index contributed by atoms with van der Waals surface area (Å²) in [7, 11) is 0.796. The van der Waals surface area contributed by atoms with Crippen molar-refractivity contribution in [2.45, 2.75) is 13.5 Å². The van der Waals surface area contributed by atoms with E-state index in [4.69, 9.17) is 4.43 Å². The normalized spacial score (nSPS) is 10.6. The van der Waals surface area contributed by atoms with Gasteiger partial charge < -0.3 is 4.43 Å². The first-order valence-corrected chi connectivity index (χ1v) is 6.27. The zero-order chi connectivity index (χ0) is 11.4. The van der Waals surface area contributed by atoms with E-state index in [-0.39, 0.29) is 0 Å². The largest absolute Gasteiger partial charge is 0.424 e. The first kappa shape index (κ1) is 11.1. The maximum Gasteiger partial charge on any atom is 0.146 e. The van der Waals surface area contributed by atoms with Crippen molar-refractivity contribution >= 4 is 10.5 Å². The van der Waals surface area contributed by atoms with Gasteiger partial charge in [-0.25, -0.2) is 0 Å². The maximum atomic E-state index is 5.24. The SMILES string of the molecule is Cc1ccccc1-c1ccc(CO[SiH3])cc1. The van der Waals surface area contributed by atoms with Crippen molar-refractivity contribution in [2.24, 2.45) is 0 Å². The average molecular weight is 228 g/mol. The second-order valence-corrected chi connectivity index (χ2v) is 4.52. The van der Waals surface area contributed by atoms with E-state index in [1.807, 2.05) is 0 Å². The molecular formula is C14H16OSi. The van der Waals surface area contributed by atoms with E-state index in [1.54, 1.807) is 0 Å².